The zero-order valence-corrected chi connectivity index (χ0v) is 10.4. The average molecular weight is 257 g/mol. The fraction of sp³-hybridized carbons (Fsp3) is 0.545. The number of aldehydes is 1. The van der Waals surface area contributed by atoms with E-state index in [1.165, 1.54) is 16.4 Å². The topological polar surface area (TPSA) is 67.6 Å². The van der Waals surface area contributed by atoms with Crippen molar-refractivity contribution in [3.05, 3.63) is 17.9 Å². The maximum atomic E-state index is 12.2. The smallest absolute Gasteiger partial charge is 0.276 e. The van der Waals surface area contributed by atoms with E-state index < -0.39 is 10.0 Å². The van der Waals surface area contributed by atoms with E-state index in [1.54, 1.807) is 0 Å². The van der Waals surface area contributed by atoms with Crippen LogP contribution >= 0.6 is 0 Å². The van der Waals surface area contributed by atoms with E-state index in [0.29, 0.717) is 12.8 Å². The number of carbonyl (C=O) groups excluding carboxylic acids is 1. The first-order valence-corrected chi connectivity index (χ1v) is 7.10. The van der Waals surface area contributed by atoms with E-state index >= 15 is 0 Å². The lowest BCUT2D eigenvalue weighted by molar-refractivity contribution is 0.109. The molecule has 0 radical (unpaired) electrons. The van der Waals surface area contributed by atoms with Gasteiger partial charge >= 0.3 is 0 Å². The summed E-state index contributed by atoms with van der Waals surface area (Å²) < 4.78 is 31.0. The molecular formula is C11H15NO4S. The lowest BCUT2D eigenvalue weighted by atomic mass is 10.5. The lowest BCUT2D eigenvalue weighted by Gasteiger charge is -2.19. The van der Waals surface area contributed by atoms with Crippen molar-refractivity contribution >= 4 is 16.3 Å². The van der Waals surface area contributed by atoms with Crippen LogP contribution in [-0.2, 0) is 10.0 Å². The van der Waals surface area contributed by atoms with Gasteiger partial charge in [0.2, 0.25) is 5.09 Å². The van der Waals surface area contributed by atoms with Crippen molar-refractivity contribution in [2.45, 2.75) is 37.3 Å². The molecule has 0 unspecified atom stereocenters. The number of furan rings is 1. The summed E-state index contributed by atoms with van der Waals surface area (Å²) in [6, 6.07) is 2.81. The summed E-state index contributed by atoms with van der Waals surface area (Å²) >= 11 is 0. The Morgan fingerprint density at radius 3 is 2.65 bits per heavy atom. The normalized spacial score (nSPS) is 16.4. The molecule has 1 aliphatic carbocycles. The third-order valence-electron chi connectivity index (χ3n) is 2.68. The molecule has 6 heteroatoms. The van der Waals surface area contributed by atoms with E-state index in [2.05, 4.69) is 0 Å². The second kappa shape index (κ2) is 4.62. The fourth-order valence-electron chi connectivity index (χ4n) is 1.73. The van der Waals surface area contributed by atoms with Gasteiger partial charge in [0, 0.05) is 12.6 Å². The van der Waals surface area contributed by atoms with Crippen LogP contribution in [0.3, 0.4) is 0 Å². The zero-order valence-electron chi connectivity index (χ0n) is 9.63. The SMILES string of the molecule is CCCN(C1CC1)S(=O)(=O)c1ccc(C=O)o1. The van der Waals surface area contributed by atoms with E-state index in [9.17, 15) is 13.2 Å². The highest BCUT2D eigenvalue weighted by molar-refractivity contribution is 7.89. The summed E-state index contributed by atoms with van der Waals surface area (Å²) in [6.07, 6.45) is 3.07. The highest BCUT2D eigenvalue weighted by atomic mass is 32.2. The first-order chi connectivity index (χ1) is 8.09. The predicted molar refractivity (Wildman–Crippen MR) is 61.3 cm³/mol. The molecule has 1 fully saturated rings. The van der Waals surface area contributed by atoms with Gasteiger partial charge in [0.15, 0.2) is 12.0 Å². The van der Waals surface area contributed by atoms with Crippen molar-refractivity contribution in [1.29, 1.82) is 0 Å². The number of nitrogens with zero attached hydrogens (tertiary/aromatic N) is 1. The minimum absolute atomic E-state index is 0.0378. The largest absolute Gasteiger partial charge is 0.440 e. The number of sulfonamides is 1. The molecule has 0 N–H and O–H groups in total. The Hall–Kier alpha value is -1.14. The van der Waals surface area contributed by atoms with Gasteiger partial charge in [-0.3, -0.25) is 4.79 Å². The first kappa shape index (κ1) is 12.3. The summed E-state index contributed by atoms with van der Waals surface area (Å²) in [5.41, 5.74) is 0. The maximum Gasteiger partial charge on any atom is 0.276 e. The van der Waals surface area contributed by atoms with Crippen LogP contribution in [0.15, 0.2) is 21.6 Å². The van der Waals surface area contributed by atoms with Gasteiger partial charge in [-0.2, -0.15) is 4.31 Å². The van der Waals surface area contributed by atoms with Gasteiger partial charge in [0.1, 0.15) is 0 Å². The second-order valence-electron chi connectivity index (χ2n) is 4.12. The van der Waals surface area contributed by atoms with Gasteiger partial charge in [0.05, 0.1) is 0 Å². The van der Waals surface area contributed by atoms with Crippen molar-refractivity contribution in [3.8, 4) is 0 Å². The molecule has 1 aliphatic rings. The molecule has 94 valence electrons. The summed E-state index contributed by atoms with van der Waals surface area (Å²) in [6.45, 7) is 2.42. The summed E-state index contributed by atoms with van der Waals surface area (Å²) in [5, 5.41) is -0.139. The maximum absolute atomic E-state index is 12.2. The molecule has 1 aromatic heterocycles. The summed E-state index contributed by atoms with van der Waals surface area (Å²) in [5.74, 6) is 0.0378. The molecule has 0 aliphatic heterocycles. The van der Waals surface area contributed by atoms with Crippen molar-refractivity contribution in [2.24, 2.45) is 0 Å². The third kappa shape index (κ3) is 2.42. The van der Waals surface area contributed by atoms with E-state index in [0.717, 1.165) is 19.3 Å². The minimum atomic E-state index is -3.58. The Morgan fingerprint density at radius 2 is 2.18 bits per heavy atom. The average Bonchev–Trinajstić information content (AvgIpc) is 3.01. The Bertz CT molecular complexity index is 501. The van der Waals surface area contributed by atoms with Crippen LogP contribution in [0.25, 0.3) is 0 Å². The van der Waals surface area contributed by atoms with Gasteiger partial charge < -0.3 is 4.42 Å². The molecule has 1 saturated carbocycles. The van der Waals surface area contributed by atoms with Crippen LogP contribution in [-0.4, -0.2) is 31.6 Å². The Kier molecular flexibility index (Phi) is 3.35. The highest BCUT2D eigenvalue weighted by Crippen LogP contribution is 2.32. The second-order valence-corrected chi connectivity index (χ2v) is 5.94. The zero-order chi connectivity index (χ0) is 12.5. The molecule has 1 aromatic rings. The third-order valence-corrected chi connectivity index (χ3v) is 4.51. The van der Waals surface area contributed by atoms with Crippen molar-refractivity contribution in [2.75, 3.05) is 6.54 Å². The van der Waals surface area contributed by atoms with Crippen LogP contribution in [0.4, 0.5) is 0 Å². The number of hydrogen-bond acceptors (Lipinski definition) is 4. The van der Waals surface area contributed by atoms with Crippen molar-refractivity contribution in [1.82, 2.24) is 4.31 Å². The molecule has 0 aromatic carbocycles. The Labute approximate surface area is 100 Å². The number of carbonyl (C=O) groups is 1. The van der Waals surface area contributed by atoms with E-state index in [-0.39, 0.29) is 16.9 Å². The molecule has 0 bridgehead atoms. The van der Waals surface area contributed by atoms with Gasteiger partial charge in [-0.15, -0.1) is 0 Å². The van der Waals surface area contributed by atoms with Crippen LogP contribution in [0.2, 0.25) is 0 Å². The lowest BCUT2D eigenvalue weighted by Crippen LogP contribution is -2.33. The Morgan fingerprint density at radius 1 is 1.47 bits per heavy atom. The molecule has 0 spiro atoms. The minimum Gasteiger partial charge on any atom is -0.440 e. The molecule has 0 saturated heterocycles. The van der Waals surface area contributed by atoms with Crippen LogP contribution in [0, 0.1) is 0 Å². The monoisotopic (exact) mass is 257 g/mol. The predicted octanol–water partition coefficient (Wildman–Crippen LogP) is 1.66. The van der Waals surface area contributed by atoms with Crippen molar-refractivity contribution < 1.29 is 17.6 Å². The van der Waals surface area contributed by atoms with Crippen molar-refractivity contribution in [3.63, 3.8) is 0 Å². The van der Waals surface area contributed by atoms with Gasteiger partial charge in [0.25, 0.3) is 10.0 Å². The highest BCUT2D eigenvalue weighted by Gasteiger charge is 2.38. The summed E-state index contributed by atoms with van der Waals surface area (Å²) in [7, 11) is -3.58. The molecule has 17 heavy (non-hydrogen) atoms. The summed E-state index contributed by atoms with van der Waals surface area (Å²) in [4.78, 5) is 10.5. The van der Waals surface area contributed by atoms with Gasteiger partial charge in [-0.1, -0.05) is 6.92 Å². The Balaban J connectivity index is 2.29. The van der Waals surface area contributed by atoms with Gasteiger partial charge in [-0.25, -0.2) is 8.42 Å². The van der Waals surface area contributed by atoms with Gasteiger partial charge in [-0.05, 0) is 31.4 Å². The van der Waals surface area contributed by atoms with Crippen LogP contribution in [0.5, 0.6) is 0 Å². The molecular weight excluding hydrogens is 242 g/mol. The van der Waals surface area contributed by atoms with E-state index in [4.69, 9.17) is 4.42 Å². The van der Waals surface area contributed by atoms with Crippen LogP contribution < -0.4 is 0 Å². The number of hydrogen-bond donors (Lipinski definition) is 0. The first-order valence-electron chi connectivity index (χ1n) is 5.66. The van der Waals surface area contributed by atoms with Crippen LogP contribution in [0.1, 0.15) is 36.7 Å². The fourth-order valence-corrected chi connectivity index (χ4v) is 3.43. The molecule has 1 heterocycles. The molecule has 0 atom stereocenters. The number of rotatable bonds is 6. The quantitative estimate of drug-likeness (QED) is 0.727. The van der Waals surface area contributed by atoms with E-state index in [1.807, 2.05) is 6.92 Å². The molecule has 0 amide bonds. The molecule has 2 rings (SSSR count). The standard InChI is InChI=1S/C11H15NO4S/c1-2-7-12(9-3-4-9)17(14,15)11-6-5-10(8-13)16-11/h5-6,8-9H,2-4,7H2,1H3. The molecule has 5 nitrogen and oxygen atoms in total.